The van der Waals surface area contributed by atoms with Crippen molar-refractivity contribution in [3.63, 3.8) is 0 Å². The largest absolute Gasteiger partial charge is 0.496 e. The molecule has 0 bridgehead atoms. The van der Waals surface area contributed by atoms with Crippen LogP contribution in [0.3, 0.4) is 0 Å². The Labute approximate surface area is 109 Å². The molecule has 1 fully saturated rings. The molecule has 0 radical (unpaired) electrons. The third-order valence-electron chi connectivity index (χ3n) is 3.54. The van der Waals surface area contributed by atoms with E-state index >= 15 is 0 Å². The highest BCUT2D eigenvalue weighted by Gasteiger charge is 2.47. The van der Waals surface area contributed by atoms with Crippen molar-refractivity contribution in [2.24, 2.45) is 0 Å². The quantitative estimate of drug-likeness (QED) is 0.931. The van der Waals surface area contributed by atoms with Crippen molar-refractivity contribution in [3.05, 3.63) is 27.7 Å². The van der Waals surface area contributed by atoms with Crippen molar-refractivity contribution in [3.8, 4) is 5.75 Å². The van der Waals surface area contributed by atoms with E-state index in [0.29, 0.717) is 18.6 Å². The Kier molecular flexibility index (Phi) is 3.17. The van der Waals surface area contributed by atoms with Crippen molar-refractivity contribution in [1.82, 2.24) is 0 Å². The van der Waals surface area contributed by atoms with Gasteiger partial charge in [0.25, 0.3) is 0 Å². The highest BCUT2D eigenvalue weighted by Crippen LogP contribution is 2.48. The number of halogens is 1. The molecule has 1 N–H and O–H groups in total. The zero-order valence-electron chi connectivity index (χ0n) is 9.92. The summed E-state index contributed by atoms with van der Waals surface area (Å²) in [4.78, 5) is 11.5. The van der Waals surface area contributed by atoms with Crippen LogP contribution in [-0.2, 0) is 10.2 Å². The van der Waals surface area contributed by atoms with E-state index in [2.05, 4.69) is 15.9 Å². The Balaban J connectivity index is 2.58. The van der Waals surface area contributed by atoms with Gasteiger partial charge in [0.15, 0.2) is 0 Å². The van der Waals surface area contributed by atoms with E-state index in [-0.39, 0.29) is 0 Å². The number of aliphatic carboxylic acids is 1. The molecule has 0 spiro atoms. The van der Waals surface area contributed by atoms with Crippen LogP contribution in [0.15, 0.2) is 16.6 Å². The van der Waals surface area contributed by atoms with Crippen molar-refractivity contribution in [1.29, 1.82) is 0 Å². The predicted molar refractivity (Wildman–Crippen MR) is 68.6 cm³/mol. The van der Waals surface area contributed by atoms with Gasteiger partial charge in [0.05, 0.1) is 17.0 Å². The van der Waals surface area contributed by atoms with Gasteiger partial charge >= 0.3 is 5.97 Å². The lowest BCUT2D eigenvalue weighted by Gasteiger charge is -2.39. The van der Waals surface area contributed by atoms with Gasteiger partial charge in [0.2, 0.25) is 0 Å². The molecule has 17 heavy (non-hydrogen) atoms. The number of hydrogen-bond acceptors (Lipinski definition) is 2. The summed E-state index contributed by atoms with van der Waals surface area (Å²) in [6, 6.07) is 3.85. The number of ether oxygens (including phenoxy) is 1. The normalized spacial score (nSPS) is 17.4. The van der Waals surface area contributed by atoms with E-state index in [1.807, 2.05) is 19.1 Å². The van der Waals surface area contributed by atoms with Gasteiger partial charge in [0.1, 0.15) is 5.75 Å². The molecule has 0 amide bonds. The molecule has 92 valence electrons. The van der Waals surface area contributed by atoms with Crippen LogP contribution in [0.25, 0.3) is 0 Å². The van der Waals surface area contributed by atoms with Gasteiger partial charge in [-0.3, -0.25) is 4.79 Å². The Morgan fingerprint density at radius 3 is 2.53 bits per heavy atom. The molecule has 0 aromatic heterocycles. The first-order valence-electron chi connectivity index (χ1n) is 5.59. The van der Waals surface area contributed by atoms with Gasteiger partial charge in [-0.2, -0.15) is 0 Å². The molecule has 0 heterocycles. The number of carbonyl (C=O) groups is 1. The fourth-order valence-electron chi connectivity index (χ4n) is 2.36. The van der Waals surface area contributed by atoms with Crippen LogP contribution in [0.5, 0.6) is 5.75 Å². The average molecular weight is 299 g/mol. The highest BCUT2D eigenvalue weighted by atomic mass is 79.9. The maximum Gasteiger partial charge on any atom is 0.314 e. The maximum absolute atomic E-state index is 11.5. The number of methoxy groups -OCH3 is 1. The lowest BCUT2D eigenvalue weighted by molar-refractivity contribution is -0.147. The van der Waals surface area contributed by atoms with Gasteiger partial charge in [-0.1, -0.05) is 12.5 Å². The first-order chi connectivity index (χ1) is 8.01. The van der Waals surface area contributed by atoms with Crippen molar-refractivity contribution in [2.45, 2.75) is 31.6 Å². The second-order valence-electron chi connectivity index (χ2n) is 4.57. The third kappa shape index (κ3) is 1.84. The zero-order chi connectivity index (χ0) is 12.6. The monoisotopic (exact) mass is 298 g/mol. The first kappa shape index (κ1) is 12.4. The van der Waals surface area contributed by atoms with Crippen LogP contribution in [0.4, 0.5) is 0 Å². The van der Waals surface area contributed by atoms with Gasteiger partial charge in [-0.05, 0) is 52.9 Å². The minimum absolute atomic E-state index is 0.701. The van der Waals surface area contributed by atoms with E-state index in [0.717, 1.165) is 22.0 Å². The Bertz CT molecular complexity index is 464. The van der Waals surface area contributed by atoms with Crippen LogP contribution in [0.2, 0.25) is 0 Å². The van der Waals surface area contributed by atoms with Crippen molar-refractivity contribution >= 4 is 21.9 Å². The van der Waals surface area contributed by atoms with E-state index < -0.39 is 11.4 Å². The number of carboxylic acids is 1. The number of rotatable bonds is 3. The number of carboxylic acid groups (broad SMARTS) is 1. The summed E-state index contributed by atoms with van der Waals surface area (Å²) in [5.74, 6) is -0.0374. The average Bonchev–Trinajstić information content (AvgIpc) is 2.20. The molecule has 1 aromatic carbocycles. The number of aryl methyl sites for hydroxylation is 1. The van der Waals surface area contributed by atoms with E-state index in [1.54, 1.807) is 7.11 Å². The van der Waals surface area contributed by atoms with Crippen LogP contribution in [0, 0.1) is 6.92 Å². The van der Waals surface area contributed by atoms with E-state index in [4.69, 9.17) is 4.74 Å². The number of hydrogen-bond donors (Lipinski definition) is 1. The molecule has 1 aliphatic carbocycles. The van der Waals surface area contributed by atoms with Crippen LogP contribution < -0.4 is 4.74 Å². The predicted octanol–water partition coefficient (Wildman–Crippen LogP) is 3.27. The van der Waals surface area contributed by atoms with Gasteiger partial charge in [0, 0.05) is 0 Å². The maximum atomic E-state index is 11.5. The molecule has 3 nitrogen and oxygen atoms in total. The molecule has 0 unspecified atom stereocenters. The van der Waals surface area contributed by atoms with Crippen LogP contribution in [-0.4, -0.2) is 18.2 Å². The van der Waals surface area contributed by atoms with E-state index in [9.17, 15) is 9.90 Å². The summed E-state index contributed by atoms with van der Waals surface area (Å²) in [6.45, 7) is 1.95. The van der Waals surface area contributed by atoms with Crippen molar-refractivity contribution < 1.29 is 14.6 Å². The minimum atomic E-state index is -0.739. The highest BCUT2D eigenvalue weighted by molar-refractivity contribution is 9.10. The van der Waals surface area contributed by atoms with Gasteiger partial charge < -0.3 is 9.84 Å². The zero-order valence-corrected chi connectivity index (χ0v) is 11.5. The van der Waals surface area contributed by atoms with Gasteiger partial charge in [-0.25, -0.2) is 0 Å². The molecular weight excluding hydrogens is 284 g/mol. The molecule has 0 saturated heterocycles. The standard InChI is InChI=1S/C13H15BrO3/c1-8-6-9(11(14)10(7-8)17-2)13(12(15)16)4-3-5-13/h6-7H,3-5H2,1-2H3,(H,15,16). The molecular formula is C13H15BrO3. The van der Waals surface area contributed by atoms with Crippen LogP contribution >= 0.6 is 15.9 Å². The summed E-state index contributed by atoms with van der Waals surface area (Å²) in [6.07, 6.45) is 2.37. The summed E-state index contributed by atoms with van der Waals surface area (Å²) in [5, 5.41) is 9.45. The Morgan fingerprint density at radius 1 is 1.47 bits per heavy atom. The van der Waals surface area contributed by atoms with E-state index in [1.165, 1.54) is 0 Å². The Morgan fingerprint density at radius 2 is 2.12 bits per heavy atom. The lowest BCUT2D eigenvalue weighted by Crippen LogP contribution is -2.42. The summed E-state index contributed by atoms with van der Waals surface area (Å²) in [5.41, 5.74) is 1.14. The second kappa shape index (κ2) is 4.33. The minimum Gasteiger partial charge on any atom is -0.496 e. The fourth-order valence-corrected chi connectivity index (χ4v) is 3.13. The molecule has 4 heteroatoms. The third-order valence-corrected chi connectivity index (χ3v) is 4.35. The first-order valence-corrected chi connectivity index (χ1v) is 6.38. The molecule has 0 atom stereocenters. The fraction of sp³-hybridized carbons (Fsp3) is 0.462. The SMILES string of the molecule is COc1cc(C)cc(C2(C(=O)O)CCC2)c1Br. The smallest absolute Gasteiger partial charge is 0.314 e. The molecule has 2 rings (SSSR count). The summed E-state index contributed by atoms with van der Waals surface area (Å²) >= 11 is 3.47. The molecule has 0 aliphatic heterocycles. The topological polar surface area (TPSA) is 46.5 Å². The molecule has 1 aromatic rings. The van der Waals surface area contributed by atoms with Crippen LogP contribution in [0.1, 0.15) is 30.4 Å². The second-order valence-corrected chi connectivity index (χ2v) is 5.36. The Hall–Kier alpha value is -1.03. The lowest BCUT2D eigenvalue weighted by atomic mass is 9.64. The van der Waals surface area contributed by atoms with Crippen molar-refractivity contribution in [2.75, 3.05) is 7.11 Å². The molecule has 1 aliphatic rings. The number of benzene rings is 1. The van der Waals surface area contributed by atoms with Gasteiger partial charge in [-0.15, -0.1) is 0 Å². The summed E-state index contributed by atoms with van der Waals surface area (Å²) < 4.78 is 6.04. The summed E-state index contributed by atoms with van der Waals surface area (Å²) in [7, 11) is 1.59. The molecule has 1 saturated carbocycles.